The van der Waals surface area contributed by atoms with Crippen molar-refractivity contribution in [3.05, 3.63) is 16.1 Å². The second kappa shape index (κ2) is 4.41. The largest absolute Gasteiger partial charge is 0.391 e. The second-order valence-corrected chi connectivity index (χ2v) is 5.34. The highest BCUT2D eigenvalue weighted by Gasteiger charge is 2.25. The lowest BCUT2D eigenvalue weighted by Crippen LogP contribution is -2.14. The van der Waals surface area contributed by atoms with Gasteiger partial charge in [0, 0.05) is 12.1 Å². The van der Waals surface area contributed by atoms with Crippen molar-refractivity contribution in [3.63, 3.8) is 0 Å². The van der Waals surface area contributed by atoms with Crippen molar-refractivity contribution in [2.45, 2.75) is 45.1 Å². The molecular formula is C11H17NOS. The minimum atomic E-state index is 0.138. The lowest BCUT2D eigenvalue weighted by molar-refractivity contribution is 0.285. The first-order valence-electron chi connectivity index (χ1n) is 5.36. The van der Waals surface area contributed by atoms with Crippen LogP contribution in [0.1, 0.15) is 48.4 Å². The minimum absolute atomic E-state index is 0.138. The van der Waals surface area contributed by atoms with Crippen LogP contribution in [0.2, 0.25) is 0 Å². The molecule has 3 heteroatoms. The van der Waals surface area contributed by atoms with E-state index < -0.39 is 0 Å². The monoisotopic (exact) mass is 211 g/mol. The molecule has 0 spiro atoms. The fraction of sp³-hybridized carbons (Fsp3) is 0.727. The molecule has 1 saturated carbocycles. The van der Waals surface area contributed by atoms with Crippen LogP contribution in [0, 0.1) is 5.92 Å². The summed E-state index contributed by atoms with van der Waals surface area (Å²) >= 11 is 1.68. The number of hydrogen-bond donors (Lipinski definition) is 1. The molecule has 2 unspecified atom stereocenters. The molecule has 14 heavy (non-hydrogen) atoms. The van der Waals surface area contributed by atoms with Crippen molar-refractivity contribution >= 4 is 11.3 Å². The van der Waals surface area contributed by atoms with Gasteiger partial charge >= 0.3 is 0 Å². The number of rotatable bonds is 2. The van der Waals surface area contributed by atoms with Gasteiger partial charge in [-0.3, -0.25) is 0 Å². The summed E-state index contributed by atoms with van der Waals surface area (Å²) in [6.45, 7) is 2.46. The lowest BCUT2D eigenvalue weighted by atomic mass is 9.81. The second-order valence-electron chi connectivity index (χ2n) is 4.19. The summed E-state index contributed by atoms with van der Waals surface area (Å²) in [4.78, 5) is 5.42. The third-order valence-corrected chi connectivity index (χ3v) is 4.27. The van der Waals surface area contributed by atoms with E-state index >= 15 is 0 Å². The van der Waals surface area contributed by atoms with Crippen molar-refractivity contribution in [2.24, 2.45) is 5.92 Å². The van der Waals surface area contributed by atoms with Crippen LogP contribution in [-0.4, -0.2) is 10.1 Å². The van der Waals surface area contributed by atoms with E-state index in [4.69, 9.17) is 5.11 Å². The summed E-state index contributed by atoms with van der Waals surface area (Å²) in [5, 5.41) is 10.2. The van der Waals surface area contributed by atoms with Crippen LogP contribution in [0.15, 0.2) is 6.20 Å². The molecule has 0 saturated heterocycles. The van der Waals surface area contributed by atoms with Gasteiger partial charge in [0.1, 0.15) is 0 Å². The van der Waals surface area contributed by atoms with Gasteiger partial charge in [-0.1, -0.05) is 26.2 Å². The van der Waals surface area contributed by atoms with Crippen molar-refractivity contribution in [2.75, 3.05) is 0 Å². The third-order valence-electron chi connectivity index (χ3n) is 3.16. The molecule has 0 amide bonds. The van der Waals surface area contributed by atoms with E-state index in [1.807, 2.05) is 6.20 Å². The Labute approximate surface area is 89.0 Å². The Morgan fingerprint density at radius 3 is 2.93 bits per heavy atom. The van der Waals surface area contributed by atoms with E-state index in [1.165, 1.54) is 30.7 Å². The molecule has 1 aromatic heterocycles. The molecule has 2 nitrogen and oxygen atoms in total. The highest BCUT2D eigenvalue weighted by Crippen LogP contribution is 2.38. The normalized spacial score (nSPS) is 27.9. The van der Waals surface area contributed by atoms with E-state index in [2.05, 4.69) is 11.9 Å². The maximum atomic E-state index is 8.99. The molecule has 78 valence electrons. The first-order chi connectivity index (χ1) is 6.81. The van der Waals surface area contributed by atoms with Crippen molar-refractivity contribution < 1.29 is 5.11 Å². The zero-order valence-electron chi connectivity index (χ0n) is 8.57. The maximum absolute atomic E-state index is 8.99. The van der Waals surface area contributed by atoms with Crippen LogP contribution in [-0.2, 0) is 6.61 Å². The topological polar surface area (TPSA) is 33.1 Å². The molecule has 1 heterocycles. The summed E-state index contributed by atoms with van der Waals surface area (Å²) in [6.07, 6.45) is 7.14. The van der Waals surface area contributed by atoms with E-state index in [0.29, 0.717) is 5.92 Å². The van der Waals surface area contributed by atoms with Crippen LogP contribution in [0.5, 0.6) is 0 Å². The molecule has 1 aromatic rings. The fourth-order valence-electron chi connectivity index (χ4n) is 2.25. The Kier molecular flexibility index (Phi) is 3.19. The highest BCUT2D eigenvalue weighted by atomic mass is 32.1. The van der Waals surface area contributed by atoms with Gasteiger partial charge in [0.2, 0.25) is 0 Å². The van der Waals surface area contributed by atoms with Gasteiger partial charge in [-0.2, -0.15) is 0 Å². The van der Waals surface area contributed by atoms with Crippen LogP contribution in [0.3, 0.4) is 0 Å². The van der Waals surface area contributed by atoms with Crippen molar-refractivity contribution in [1.29, 1.82) is 0 Å². The third kappa shape index (κ3) is 1.98. The van der Waals surface area contributed by atoms with Crippen LogP contribution in [0.4, 0.5) is 0 Å². The molecule has 2 rings (SSSR count). The number of aromatic nitrogens is 1. The summed E-state index contributed by atoms with van der Waals surface area (Å²) in [5.41, 5.74) is 0. The van der Waals surface area contributed by atoms with Gasteiger partial charge < -0.3 is 5.11 Å². The molecule has 1 aliphatic carbocycles. The zero-order chi connectivity index (χ0) is 9.97. The molecule has 1 N–H and O–H groups in total. The molecular weight excluding hydrogens is 194 g/mol. The Balaban J connectivity index is 2.12. The average molecular weight is 211 g/mol. The fourth-order valence-corrected chi connectivity index (χ4v) is 3.30. The lowest BCUT2D eigenvalue weighted by Gasteiger charge is -2.26. The quantitative estimate of drug-likeness (QED) is 0.816. The van der Waals surface area contributed by atoms with Crippen LogP contribution >= 0.6 is 11.3 Å². The summed E-state index contributed by atoms with van der Waals surface area (Å²) < 4.78 is 0. The maximum Gasteiger partial charge on any atom is 0.0962 e. The van der Waals surface area contributed by atoms with Gasteiger partial charge in [-0.15, -0.1) is 11.3 Å². The summed E-state index contributed by atoms with van der Waals surface area (Å²) in [6, 6.07) is 0. The standard InChI is InChI=1S/C11H17NOS/c1-8-4-2-3-5-10(8)11-12-6-9(7-13)14-11/h6,8,10,13H,2-5,7H2,1H3. The molecule has 0 bridgehead atoms. The predicted molar refractivity (Wildman–Crippen MR) is 58.4 cm³/mol. The minimum Gasteiger partial charge on any atom is -0.391 e. The Hall–Kier alpha value is -0.410. The van der Waals surface area contributed by atoms with E-state index in [0.717, 1.165) is 10.8 Å². The van der Waals surface area contributed by atoms with E-state index in [9.17, 15) is 0 Å². The van der Waals surface area contributed by atoms with E-state index in [-0.39, 0.29) is 6.61 Å². The van der Waals surface area contributed by atoms with Crippen LogP contribution < -0.4 is 0 Å². The first-order valence-corrected chi connectivity index (χ1v) is 6.18. The van der Waals surface area contributed by atoms with Gasteiger partial charge in [0.05, 0.1) is 16.5 Å². The number of nitrogens with zero attached hydrogens (tertiary/aromatic N) is 1. The number of aliphatic hydroxyl groups excluding tert-OH is 1. The Morgan fingerprint density at radius 1 is 1.50 bits per heavy atom. The first kappa shape index (κ1) is 10.1. The molecule has 0 aromatic carbocycles. The number of thiazole rings is 1. The summed E-state index contributed by atoms with van der Waals surface area (Å²) in [7, 11) is 0. The van der Waals surface area contributed by atoms with Gasteiger partial charge in [-0.25, -0.2) is 4.98 Å². The number of hydrogen-bond acceptors (Lipinski definition) is 3. The predicted octanol–water partition coefficient (Wildman–Crippen LogP) is 2.93. The van der Waals surface area contributed by atoms with Gasteiger partial charge in [-0.05, 0) is 12.3 Å². The molecule has 0 aliphatic heterocycles. The molecule has 1 fully saturated rings. The molecule has 2 atom stereocenters. The Bertz CT molecular complexity index is 297. The SMILES string of the molecule is CC1CCCCC1c1ncc(CO)s1. The summed E-state index contributed by atoms with van der Waals surface area (Å²) in [5.74, 6) is 1.41. The average Bonchev–Trinajstić information content (AvgIpc) is 2.67. The highest BCUT2D eigenvalue weighted by molar-refractivity contribution is 7.11. The van der Waals surface area contributed by atoms with Crippen LogP contribution in [0.25, 0.3) is 0 Å². The number of aliphatic hydroxyl groups is 1. The van der Waals surface area contributed by atoms with Crippen molar-refractivity contribution in [3.8, 4) is 0 Å². The smallest absolute Gasteiger partial charge is 0.0962 e. The Morgan fingerprint density at radius 2 is 2.29 bits per heavy atom. The zero-order valence-corrected chi connectivity index (χ0v) is 9.39. The molecule has 0 radical (unpaired) electrons. The van der Waals surface area contributed by atoms with Gasteiger partial charge in [0.15, 0.2) is 0 Å². The van der Waals surface area contributed by atoms with Gasteiger partial charge in [0.25, 0.3) is 0 Å². The van der Waals surface area contributed by atoms with E-state index in [1.54, 1.807) is 11.3 Å². The van der Waals surface area contributed by atoms with Crippen molar-refractivity contribution in [1.82, 2.24) is 4.98 Å². The molecule has 1 aliphatic rings.